The molecule has 0 aliphatic rings. The van der Waals surface area contributed by atoms with Crippen molar-refractivity contribution in [1.29, 1.82) is 0 Å². The van der Waals surface area contributed by atoms with Crippen molar-refractivity contribution in [3.8, 4) is 11.5 Å². The molecule has 0 saturated carbocycles. The molecule has 0 unspecified atom stereocenters. The maximum atomic E-state index is 6.09. The Bertz CT molecular complexity index is 928. The molecule has 146 valence electrons. The summed E-state index contributed by atoms with van der Waals surface area (Å²) in [6.07, 6.45) is 0. The van der Waals surface area contributed by atoms with Gasteiger partial charge in [-0.25, -0.2) is 0 Å². The zero-order valence-electron chi connectivity index (χ0n) is 16.0. The van der Waals surface area contributed by atoms with Gasteiger partial charge in [0, 0.05) is 17.3 Å². The molecule has 3 aromatic carbocycles. The van der Waals surface area contributed by atoms with E-state index in [1.165, 1.54) is 5.56 Å². The number of hydrogen-bond acceptors (Lipinski definition) is 3. The van der Waals surface area contributed by atoms with Crippen LogP contribution in [0.5, 0.6) is 11.5 Å². The van der Waals surface area contributed by atoms with Crippen molar-refractivity contribution >= 4 is 33.2 Å². The van der Waals surface area contributed by atoms with Gasteiger partial charge >= 0.3 is 0 Å². The van der Waals surface area contributed by atoms with Crippen LogP contribution in [0.2, 0.25) is 5.02 Å². The minimum absolute atomic E-state index is 0.489. The van der Waals surface area contributed by atoms with Gasteiger partial charge in [0.25, 0.3) is 0 Å². The van der Waals surface area contributed by atoms with Gasteiger partial charge < -0.3 is 14.8 Å². The molecule has 3 nitrogen and oxygen atoms in total. The van der Waals surface area contributed by atoms with Crippen molar-refractivity contribution in [3.05, 3.63) is 86.8 Å². The molecule has 0 radical (unpaired) electrons. The summed E-state index contributed by atoms with van der Waals surface area (Å²) in [5.74, 6) is 1.45. The van der Waals surface area contributed by atoms with Gasteiger partial charge in [-0.2, -0.15) is 0 Å². The van der Waals surface area contributed by atoms with Gasteiger partial charge in [-0.3, -0.25) is 0 Å². The number of anilines is 1. The van der Waals surface area contributed by atoms with Crippen LogP contribution in [0.4, 0.5) is 5.69 Å². The molecular weight excluding hydrogens is 438 g/mol. The van der Waals surface area contributed by atoms with Gasteiger partial charge in [-0.05, 0) is 77.3 Å². The summed E-state index contributed by atoms with van der Waals surface area (Å²) in [5, 5.41) is 4.12. The number of hydrogen-bond donors (Lipinski definition) is 1. The molecule has 28 heavy (non-hydrogen) atoms. The summed E-state index contributed by atoms with van der Waals surface area (Å²) < 4.78 is 12.8. The molecule has 0 saturated heterocycles. The second kappa shape index (κ2) is 9.85. The van der Waals surface area contributed by atoms with E-state index in [2.05, 4.69) is 52.4 Å². The molecule has 0 heterocycles. The Hall–Kier alpha value is -2.17. The van der Waals surface area contributed by atoms with Crippen LogP contribution in [0.3, 0.4) is 0 Å². The lowest BCUT2D eigenvalue weighted by Crippen LogP contribution is -2.04. The zero-order chi connectivity index (χ0) is 19.9. The smallest absolute Gasteiger partial charge is 0.175 e. The summed E-state index contributed by atoms with van der Waals surface area (Å²) in [5.41, 5.74) is 4.45. The fraction of sp³-hybridized carbons (Fsp3) is 0.217. The monoisotopic (exact) mass is 459 g/mol. The van der Waals surface area contributed by atoms with E-state index in [0.29, 0.717) is 19.8 Å². The van der Waals surface area contributed by atoms with Crippen molar-refractivity contribution in [2.45, 2.75) is 27.0 Å². The second-order valence-electron chi connectivity index (χ2n) is 6.48. The summed E-state index contributed by atoms with van der Waals surface area (Å²) >= 11 is 9.58. The predicted molar refractivity (Wildman–Crippen MR) is 120 cm³/mol. The van der Waals surface area contributed by atoms with Crippen LogP contribution in [0.15, 0.2) is 65.1 Å². The maximum absolute atomic E-state index is 6.09. The molecule has 0 aliphatic carbocycles. The molecule has 0 aliphatic heterocycles. The molecule has 0 fully saturated rings. The Morgan fingerprint density at radius 3 is 2.46 bits per heavy atom. The minimum atomic E-state index is 0.489. The third-order valence-electron chi connectivity index (χ3n) is 4.18. The fourth-order valence-corrected chi connectivity index (χ4v) is 3.59. The number of rotatable bonds is 8. The number of nitrogens with one attached hydrogen (secondary N) is 1. The van der Waals surface area contributed by atoms with E-state index in [4.69, 9.17) is 21.1 Å². The molecule has 3 rings (SSSR count). The Balaban J connectivity index is 1.74. The average Bonchev–Trinajstić information content (AvgIpc) is 2.67. The van der Waals surface area contributed by atoms with Gasteiger partial charge in [0.05, 0.1) is 11.1 Å². The maximum Gasteiger partial charge on any atom is 0.175 e. The number of benzene rings is 3. The first-order chi connectivity index (χ1) is 13.5. The zero-order valence-corrected chi connectivity index (χ0v) is 18.3. The van der Waals surface area contributed by atoms with Crippen LogP contribution in [0, 0.1) is 6.92 Å². The van der Waals surface area contributed by atoms with E-state index < -0.39 is 0 Å². The van der Waals surface area contributed by atoms with Crippen molar-refractivity contribution in [3.63, 3.8) is 0 Å². The molecular formula is C23H23BrClNO2. The highest BCUT2D eigenvalue weighted by Gasteiger charge is 2.13. The summed E-state index contributed by atoms with van der Waals surface area (Å²) in [7, 11) is 0. The van der Waals surface area contributed by atoms with Crippen LogP contribution in [-0.4, -0.2) is 6.61 Å². The molecule has 0 amide bonds. The number of ether oxygens (including phenoxy) is 2. The van der Waals surface area contributed by atoms with Crippen molar-refractivity contribution in [1.82, 2.24) is 0 Å². The van der Waals surface area contributed by atoms with E-state index >= 15 is 0 Å². The van der Waals surface area contributed by atoms with Gasteiger partial charge in [0.2, 0.25) is 0 Å². The third kappa shape index (κ3) is 5.66. The predicted octanol–water partition coefficient (Wildman–Crippen LogP) is 7.00. The summed E-state index contributed by atoms with van der Waals surface area (Å²) in [6, 6.07) is 20.0. The SMILES string of the molecule is CCOc1cc(CNc2ccc(Cl)cc2)cc(Br)c1OCc1cccc(C)c1. The standard InChI is InChI=1S/C23H23BrClNO2/c1-3-27-22-13-18(14-26-20-9-7-19(25)8-10-20)12-21(24)23(22)28-15-17-6-4-5-16(2)11-17/h4-13,26H,3,14-15H2,1-2H3. The van der Waals surface area contributed by atoms with E-state index in [1.54, 1.807) is 0 Å². The lowest BCUT2D eigenvalue weighted by atomic mass is 10.1. The normalized spacial score (nSPS) is 10.6. The Labute approximate surface area is 179 Å². The van der Waals surface area contributed by atoms with Gasteiger partial charge in [-0.15, -0.1) is 0 Å². The quantitative estimate of drug-likeness (QED) is 0.392. The molecule has 0 spiro atoms. The highest BCUT2D eigenvalue weighted by Crippen LogP contribution is 2.37. The Morgan fingerprint density at radius 2 is 1.75 bits per heavy atom. The highest BCUT2D eigenvalue weighted by atomic mass is 79.9. The molecule has 5 heteroatoms. The van der Waals surface area contributed by atoms with Crippen LogP contribution in [-0.2, 0) is 13.2 Å². The van der Waals surface area contributed by atoms with Crippen LogP contribution in [0.25, 0.3) is 0 Å². The first-order valence-electron chi connectivity index (χ1n) is 9.18. The van der Waals surface area contributed by atoms with Crippen molar-refractivity contribution < 1.29 is 9.47 Å². The van der Waals surface area contributed by atoms with Crippen molar-refractivity contribution in [2.24, 2.45) is 0 Å². The van der Waals surface area contributed by atoms with Crippen LogP contribution in [0.1, 0.15) is 23.6 Å². The highest BCUT2D eigenvalue weighted by molar-refractivity contribution is 9.10. The molecule has 0 atom stereocenters. The lowest BCUT2D eigenvalue weighted by molar-refractivity contribution is 0.267. The Morgan fingerprint density at radius 1 is 0.964 bits per heavy atom. The van der Waals surface area contributed by atoms with Crippen LogP contribution < -0.4 is 14.8 Å². The van der Waals surface area contributed by atoms with Crippen LogP contribution >= 0.6 is 27.5 Å². The Kier molecular flexibility index (Phi) is 7.24. The molecule has 0 aromatic heterocycles. The van der Waals surface area contributed by atoms with E-state index in [-0.39, 0.29) is 0 Å². The first kappa shape index (κ1) is 20.6. The first-order valence-corrected chi connectivity index (χ1v) is 10.3. The summed E-state index contributed by atoms with van der Waals surface area (Å²) in [6.45, 7) is 5.77. The van der Waals surface area contributed by atoms with E-state index in [9.17, 15) is 0 Å². The van der Waals surface area contributed by atoms with E-state index in [0.717, 1.165) is 37.8 Å². The van der Waals surface area contributed by atoms with Gasteiger partial charge in [-0.1, -0.05) is 41.4 Å². The van der Waals surface area contributed by atoms with Gasteiger partial charge in [0.1, 0.15) is 6.61 Å². The second-order valence-corrected chi connectivity index (χ2v) is 7.77. The molecule has 3 aromatic rings. The van der Waals surface area contributed by atoms with Crippen molar-refractivity contribution in [2.75, 3.05) is 11.9 Å². The van der Waals surface area contributed by atoms with Gasteiger partial charge in [0.15, 0.2) is 11.5 Å². The topological polar surface area (TPSA) is 30.5 Å². The lowest BCUT2D eigenvalue weighted by Gasteiger charge is -2.16. The average molecular weight is 461 g/mol. The third-order valence-corrected chi connectivity index (χ3v) is 5.02. The summed E-state index contributed by atoms with van der Waals surface area (Å²) in [4.78, 5) is 0. The van der Waals surface area contributed by atoms with E-state index in [1.807, 2.05) is 43.3 Å². The largest absolute Gasteiger partial charge is 0.490 e. The molecule has 0 bridgehead atoms. The number of aryl methyl sites for hydroxylation is 1. The fourth-order valence-electron chi connectivity index (χ4n) is 2.86. The minimum Gasteiger partial charge on any atom is -0.490 e. The molecule has 1 N–H and O–H groups in total. The number of halogens is 2.